The summed E-state index contributed by atoms with van der Waals surface area (Å²) in [5, 5.41) is 14.2. The minimum Gasteiger partial charge on any atom is -0.507 e. The Hall–Kier alpha value is 0.390. The zero-order valence-electron chi connectivity index (χ0n) is 6.16. The fourth-order valence-electron chi connectivity index (χ4n) is 0.715. The van der Waals surface area contributed by atoms with Gasteiger partial charge in [0.25, 0.3) is 0 Å². The molecule has 0 bridgehead atoms. The quantitative estimate of drug-likeness (QED) is 0.666. The number of aromatic hydroxyl groups is 1. The smallest absolute Gasteiger partial charge is 0.238 e. The molecule has 0 aromatic heterocycles. The summed E-state index contributed by atoms with van der Waals surface area (Å²) in [6.45, 7) is 0. The van der Waals surface area contributed by atoms with Crippen LogP contribution in [0.15, 0.2) is 17.0 Å². The van der Waals surface area contributed by atoms with Gasteiger partial charge in [0.1, 0.15) is 5.75 Å². The van der Waals surface area contributed by atoms with Crippen LogP contribution in [0.4, 0.5) is 0 Å². The maximum atomic E-state index is 10.9. The van der Waals surface area contributed by atoms with E-state index in [1.165, 1.54) is 6.07 Å². The number of nitrogens with two attached hydrogens (primary N) is 1. The maximum Gasteiger partial charge on any atom is 0.238 e. The van der Waals surface area contributed by atoms with Crippen LogP contribution in [0.5, 0.6) is 5.75 Å². The van der Waals surface area contributed by atoms with Crippen LogP contribution in [-0.4, -0.2) is 13.5 Å². The summed E-state index contributed by atoms with van der Waals surface area (Å²) in [6, 6.07) is 2.55. The molecule has 0 fully saturated rings. The predicted molar refractivity (Wildman–Crippen MR) is 64.9 cm³/mol. The van der Waals surface area contributed by atoms with E-state index >= 15 is 0 Å². The highest BCUT2D eigenvalue weighted by atomic mass is 127. The minimum absolute atomic E-state index is 0.0727. The average Bonchev–Trinajstić information content (AvgIpc) is 1.97. The summed E-state index contributed by atoms with van der Waals surface area (Å²) >= 11 is 3.85. The molecule has 1 aromatic carbocycles. The summed E-state index contributed by atoms with van der Waals surface area (Å²) < 4.78 is 23.1. The third kappa shape index (κ3) is 2.67. The predicted octanol–water partition coefficient (Wildman–Crippen LogP) is 1.25. The van der Waals surface area contributed by atoms with Crippen molar-refractivity contribution in [3.63, 3.8) is 0 Å². The van der Waals surface area contributed by atoms with E-state index in [4.69, 9.17) is 5.14 Å². The van der Waals surface area contributed by atoms with Crippen LogP contribution in [-0.2, 0) is 10.0 Å². The van der Waals surface area contributed by atoms with Crippen molar-refractivity contribution in [2.45, 2.75) is 4.90 Å². The Balaban J connectivity index is 3.47. The van der Waals surface area contributed by atoms with Gasteiger partial charge >= 0.3 is 0 Å². The Morgan fingerprint density at radius 3 is 2.23 bits per heavy atom. The van der Waals surface area contributed by atoms with E-state index in [9.17, 15) is 13.5 Å². The first-order chi connectivity index (χ1) is 5.82. The largest absolute Gasteiger partial charge is 0.507 e. The summed E-state index contributed by atoms with van der Waals surface area (Å²) in [6.07, 6.45) is 0. The second-order valence-electron chi connectivity index (χ2n) is 2.28. The molecular formula is C6H5I2NO3S. The van der Waals surface area contributed by atoms with Crippen molar-refractivity contribution in [3.8, 4) is 5.75 Å². The van der Waals surface area contributed by atoms with Gasteiger partial charge in [-0.2, -0.15) is 0 Å². The number of phenolic OH excluding ortho intramolecular Hbond substituents is 1. The van der Waals surface area contributed by atoms with Gasteiger partial charge in [-0.1, -0.05) is 0 Å². The molecule has 1 aromatic rings. The van der Waals surface area contributed by atoms with Gasteiger partial charge in [-0.25, -0.2) is 13.6 Å². The normalized spacial score (nSPS) is 11.6. The van der Waals surface area contributed by atoms with Crippen LogP contribution < -0.4 is 5.14 Å². The SMILES string of the molecule is NS(=O)(=O)c1cc(O)c(I)c(I)c1. The lowest BCUT2D eigenvalue weighted by atomic mass is 10.3. The molecule has 3 N–H and O–H groups in total. The number of primary sulfonamides is 1. The molecule has 0 saturated heterocycles. The van der Waals surface area contributed by atoms with Crippen molar-refractivity contribution >= 4 is 55.2 Å². The lowest BCUT2D eigenvalue weighted by molar-refractivity contribution is 0.468. The second kappa shape index (κ2) is 3.87. The summed E-state index contributed by atoms with van der Waals surface area (Å²) in [5.74, 6) is -0.0727. The highest BCUT2D eigenvalue weighted by Crippen LogP contribution is 2.27. The van der Waals surface area contributed by atoms with Crippen molar-refractivity contribution in [1.29, 1.82) is 0 Å². The molecule has 0 radical (unpaired) electrons. The van der Waals surface area contributed by atoms with Gasteiger partial charge in [-0.3, -0.25) is 0 Å². The summed E-state index contributed by atoms with van der Waals surface area (Å²) in [5.41, 5.74) is 0. The zero-order chi connectivity index (χ0) is 10.2. The van der Waals surface area contributed by atoms with Gasteiger partial charge < -0.3 is 5.11 Å². The highest BCUT2D eigenvalue weighted by molar-refractivity contribution is 14.1. The number of hydrogen-bond donors (Lipinski definition) is 2. The first-order valence-electron chi connectivity index (χ1n) is 3.03. The van der Waals surface area contributed by atoms with Crippen molar-refractivity contribution in [3.05, 3.63) is 19.3 Å². The van der Waals surface area contributed by atoms with Crippen molar-refractivity contribution in [2.24, 2.45) is 5.14 Å². The molecule has 13 heavy (non-hydrogen) atoms. The van der Waals surface area contributed by atoms with Crippen LogP contribution in [0.25, 0.3) is 0 Å². The Labute approximate surface area is 103 Å². The first-order valence-corrected chi connectivity index (χ1v) is 6.73. The van der Waals surface area contributed by atoms with Crippen molar-refractivity contribution in [1.82, 2.24) is 0 Å². The van der Waals surface area contributed by atoms with E-state index in [0.29, 0.717) is 7.14 Å². The number of phenols is 1. The third-order valence-corrected chi connectivity index (χ3v) is 5.22. The molecule has 4 nitrogen and oxygen atoms in total. The van der Waals surface area contributed by atoms with Crippen LogP contribution in [0.3, 0.4) is 0 Å². The van der Waals surface area contributed by atoms with Gasteiger partial charge in [0.2, 0.25) is 10.0 Å². The maximum absolute atomic E-state index is 10.9. The first kappa shape index (κ1) is 11.5. The lowest BCUT2D eigenvalue weighted by Gasteiger charge is -2.03. The van der Waals surface area contributed by atoms with Gasteiger partial charge in [-0.05, 0) is 51.2 Å². The van der Waals surface area contributed by atoms with E-state index in [2.05, 4.69) is 0 Å². The Kier molecular flexibility index (Phi) is 3.41. The Morgan fingerprint density at radius 2 is 1.85 bits per heavy atom. The Bertz CT molecular complexity index is 420. The molecule has 0 spiro atoms. The fourth-order valence-corrected chi connectivity index (χ4v) is 2.41. The molecular weight excluding hydrogens is 420 g/mol. The summed E-state index contributed by atoms with van der Waals surface area (Å²) in [4.78, 5) is -0.0742. The molecule has 0 aliphatic carbocycles. The van der Waals surface area contributed by atoms with Crippen LogP contribution in [0.1, 0.15) is 0 Å². The summed E-state index contributed by atoms with van der Waals surface area (Å²) in [7, 11) is -3.73. The van der Waals surface area contributed by atoms with E-state index in [1.807, 2.05) is 45.2 Å². The minimum atomic E-state index is -3.73. The van der Waals surface area contributed by atoms with E-state index in [0.717, 1.165) is 6.07 Å². The van der Waals surface area contributed by atoms with Crippen LogP contribution >= 0.6 is 45.2 Å². The standard InChI is InChI=1S/C6H5I2NO3S/c7-4-1-3(13(9,11)12)2-5(10)6(4)8/h1-2,10H,(H2,9,11,12). The van der Waals surface area contributed by atoms with Gasteiger partial charge in [-0.15, -0.1) is 0 Å². The monoisotopic (exact) mass is 425 g/mol. The Morgan fingerprint density at radius 1 is 1.31 bits per heavy atom. The van der Waals surface area contributed by atoms with E-state index in [-0.39, 0.29) is 10.6 Å². The molecule has 0 saturated carbocycles. The molecule has 0 aliphatic heterocycles. The molecule has 0 heterocycles. The molecule has 0 aliphatic rings. The number of hydrogen-bond acceptors (Lipinski definition) is 3. The van der Waals surface area contributed by atoms with Crippen molar-refractivity contribution < 1.29 is 13.5 Å². The number of rotatable bonds is 1. The molecule has 1 rings (SSSR count). The molecule has 72 valence electrons. The molecule has 0 amide bonds. The highest BCUT2D eigenvalue weighted by Gasteiger charge is 2.12. The number of benzene rings is 1. The van der Waals surface area contributed by atoms with Gasteiger partial charge in [0, 0.05) is 9.64 Å². The van der Waals surface area contributed by atoms with Crippen LogP contribution in [0.2, 0.25) is 0 Å². The van der Waals surface area contributed by atoms with E-state index in [1.54, 1.807) is 0 Å². The number of sulfonamides is 1. The van der Waals surface area contributed by atoms with Crippen LogP contribution in [0, 0.1) is 7.14 Å². The van der Waals surface area contributed by atoms with Gasteiger partial charge in [0.15, 0.2) is 0 Å². The van der Waals surface area contributed by atoms with Crippen molar-refractivity contribution in [2.75, 3.05) is 0 Å². The molecule has 0 atom stereocenters. The molecule has 7 heteroatoms. The lowest BCUT2D eigenvalue weighted by Crippen LogP contribution is -2.12. The third-order valence-electron chi connectivity index (χ3n) is 1.31. The zero-order valence-corrected chi connectivity index (χ0v) is 11.3. The molecule has 0 unspecified atom stereocenters. The number of halogens is 2. The second-order valence-corrected chi connectivity index (χ2v) is 6.09. The van der Waals surface area contributed by atoms with E-state index < -0.39 is 10.0 Å². The average molecular weight is 425 g/mol. The fraction of sp³-hybridized carbons (Fsp3) is 0. The van der Waals surface area contributed by atoms with Gasteiger partial charge in [0.05, 0.1) is 8.47 Å². The topological polar surface area (TPSA) is 80.4 Å².